The SMILES string of the molecule is Cc1cccc(F)c1C(=O)N1C2CCCC2CC(C(=O)Nc2ccc3nn(CCN(C)C)cc3c2)C1c1ccc(NC2CCOCC2)cc1. The number of amides is 2. The highest BCUT2D eigenvalue weighted by Gasteiger charge is 2.50. The van der Waals surface area contributed by atoms with Crippen LogP contribution in [0.5, 0.6) is 0 Å². The second kappa shape index (κ2) is 14.3. The van der Waals surface area contributed by atoms with Crippen LogP contribution in [0.25, 0.3) is 10.9 Å². The number of aryl methyl sites for hydroxylation is 1. The van der Waals surface area contributed by atoms with Crippen LogP contribution in [0.15, 0.2) is 66.9 Å². The molecule has 4 unspecified atom stereocenters. The number of aromatic nitrogens is 2. The summed E-state index contributed by atoms with van der Waals surface area (Å²) in [5, 5.41) is 12.5. The van der Waals surface area contributed by atoms with Gasteiger partial charge in [-0.1, -0.05) is 30.7 Å². The number of likely N-dealkylation sites (tertiary alicyclic amines) is 1. The van der Waals surface area contributed by atoms with Crippen molar-refractivity contribution in [2.75, 3.05) is 44.5 Å². The molecule has 1 saturated carbocycles. The van der Waals surface area contributed by atoms with E-state index < -0.39 is 17.8 Å². The number of hydrogen-bond donors (Lipinski definition) is 2. The van der Waals surface area contributed by atoms with Crippen LogP contribution in [0.4, 0.5) is 15.8 Å². The molecule has 0 spiro atoms. The van der Waals surface area contributed by atoms with Crippen molar-refractivity contribution in [1.29, 1.82) is 0 Å². The van der Waals surface area contributed by atoms with Gasteiger partial charge in [0.2, 0.25) is 5.91 Å². The van der Waals surface area contributed by atoms with Crippen molar-refractivity contribution in [2.45, 2.75) is 70.1 Å². The number of carbonyl (C=O) groups is 2. The Morgan fingerprint density at radius 2 is 1.78 bits per heavy atom. The van der Waals surface area contributed by atoms with Crippen LogP contribution in [0.3, 0.4) is 0 Å². The number of halogens is 1. The van der Waals surface area contributed by atoms with E-state index in [2.05, 4.69) is 15.5 Å². The Kier molecular flexibility index (Phi) is 9.69. The van der Waals surface area contributed by atoms with Gasteiger partial charge in [-0.15, -0.1) is 0 Å². The van der Waals surface area contributed by atoms with Gasteiger partial charge >= 0.3 is 0 Å². The summed E-state index contributed by atoms with van der Waals surface area (Å²) in [4.78, 5) is 33.0. The lowest BCUT2D eigenvalue weighted by Gasteiger charge is -2.48. The summed E-state index contributed by atoms with van der Waals surface area (Å²) in [6.45, 7) is 4.91. The average molecular weight is 667 g/mol. The molecule has 4 aromatic rings. The van der Waals surface area contributed by atoms with Gasteiger partial charge in [0.1, 0.15) is 5.82 Å². The molecule has 1 aromatic heterocycles. The molecule has 10 heteroatoms. The molecule has 2 saturated heterocycles. The predicted molar refractivity (Wildman–Crippen MR) is 190 cm³/mol. The summed E-state index contributed by atoms with van der Waals surface area (Å²) < 4.78 is 22.9. The van der Waals surface area contributed by atoms with Gasteiger partial charge in [0.05, 0.1) is 29.6 Å². The third-order valence-electron chi connectivity index (χ3n) is 10.7. The van der Waals surface area contributed by atoms with Crippen molar-refractivity contribution in [3.05, 3.63) is 89.4 Å². The highest BCUT2D eigenvalue weighted by atomic mass is 19.1. The summed E-state index contributed by atoms with van der Waals surface area (Å²) in [5.74, 6) is -1.37. The van der Waals surface area contributed by atoms with Crippen LogP contribution in [0.2, 0.25) is 0 Å². The van der Waals surface area contributed by atoms with Gasteiger partial charge in [0.15, 0.2) is 0 Å². The van der Waals surface area contributed by atoms with Gasteiger partial charge < -0.3 is 25.2 Å². The van der Waals surface area contributed by atoms with Crippen LogP contribution >= 0.6 is 0 Å². The number of likely N-dealkylation sites (N-methyl/N-ethyl adjacent to an activating group) is 1. The molecule has 3 aromatic carbocycles. The molecule has 3 aliphatic rings. The third-order valence-corrected chi connectivity index (χ3v) is 10.7. The van der Waals surface area contributed by atoms with E-state index in [4.69, 9.17) is 9.84 Å². The molecule has 0 bridgehead atoms. The second-order valence-corrected chi connectivity index (χ2v) is 14.3. The Labute approximate surface area is 287 Å². The molecule has 3 fully saturated rings. The zero-order chi connectivity index (χ0) is 34.1. The number of anilines is 2. The van der Waals surface area contributed by atoms with E-state index >= 15 is 4.39 Å². The van der Waals surface area contributed by atoms with E-state index in [9.17, 15) is 9.59 Å². The maximum atomic E-state index is 15.4. The Bertz CT molecular complexity index is 1780. The largest absolute Gasteiger partial charge is 0.382 e. The molecule has 2 aliphatic heterocycles. The fraction of sp³-hybridized carbons (Fsp3) is 0.462. The Balaban J connectivity index is 1.22. The number of ether oxygens (including phenoxy) is 1. The molecule has 258 valence electrons. The number of rotatable bonds is 9. The molecule has 49 heavy (non-hydrogen) atoms. The van der Waals surface area contributed by atoms with Crippen LogP contribution < -0.4 is 10.6 Å². The molecule has 4 atom stereocenters. The van der Waals surface area contributed by atoms with Gasteiger partial charge in [-0.25, -0.2) is 4.39 Å². The first-order valence-electron chi connectivity index (χ1n) is 17.7. The van der Waals surface area contributed by atoms with Crippen molar-refractivity contribution in [2.24, 2.45) is 11.8 Å². The van der Waals surface area contributed by atoms with Gasteiger partial charge in [0.25, 0.3) is 5.91 Å². The first-order valence-corrected chi connectivity index (χ1v) is 17.7. The molecule has 2 amide bonds. The molecule has 0 radical (unpaired) electrons. The van der Waals surface area contributed by atoms with E-state index in [1.807, 2.05) is 72.3 Å². The fourth-order valence-corrected chi connectivity index (χ4v) is 8.13. The van der Waals surface area contributed by atoms with E-state index in [1.54, 1.807) is 19.1 Å². The molecule has 2 N–H and O–H groups in total. The lowest BCUT2D eigenvalue weighted by Crippen LogP contribution is -2.54. The summed E-state index contributed by atoms with van der Waals surface area (Å²) in [6, 6.07) is 18.4. The zero-order valence-corrected chi connectivity index (χ0v) is 28.7. The van der Waals surface area contributed by atoms with Crippen molar-refractivity contribution in [1.82, 2.24) is 19.6 Å². The van der Waals surface area contributed by atoms with Gasteiger partial charge in [0, 0.05) is 54.8 Å². The fourth-order valence-electron chi connectivity index (χ4n) is 8.13. The number of fused-ring (bicyclic) bond motifs is 2. The van der Waals surface area contributed by atoms with E-state index in [0.717, 1.165) is 80.6 Å². The molecular weight excluding hydrogens is 619 g/mol. The van der Waals surface area contributed by atoms with Crippen LogP contribution in [0.1, 0.15) is 66.1 Å². The van der Waals surface area contributed by atoms with Crippen LogP contribution in [-0.2, 0) is 16.1 Å². The van der Waals surface area contributed by atoms with E-state index in [0.29, 0.717) is 23.7 Å². The number of nitrogens with zero attached hydrogens (tertiary/aromatic N) is 4. The number of benzene rings is 3. The first-order chi connectivity index (χ1) is 23.7. The quantitative estimate of drug-likeness (QED) is 0.208. The summed E-state index contributed by atoms with van der Waals surface area (Å²) in [6.07, 6.45) is 7.31. The highest BCUT2D eigenvalue weighted by molar-refractivity contribution is 5.99. The van der Waals surface area contributed by atoms with Crippen molar-refractivity contribution in [3.63, 3.8) is 0 Å². The van der Waals surface area contributed by atoms with E-state index in [-0.39, 0.29) is 29.3 Å². The molecule has 1 aliphatic carbocycles. The lowest BCUT2D eigenvalue weighted by atomic mass is 9.76. The third kappa shape index (κ3) is 7.07. The maximum absolute atomic E-state index is 15.4. The summed E-state index contributed by atoms with van der Waals surface area (Å²) in [5.41, 5.74) is 4.12. The van der Waals surface area contributed by atoms with Crippen LogP contribution in [-0.4, -0.2) is 77.3 Å². The first kappa shape index (κ1) is 33.2. The highest BCUT2D eigenvalue weighted by Crippen LogP contribution is 2.49. The van der Waals surface area contributed by atoms with Crippen LogP contribution in [0, 0.1) is 24.6 Å². The molecule has 9 nitrogen and oxygen atoms in total. The minimum absolute atomic E-state index is 0.0649. The number of carbonyl (C=O) groups excluding carboxylic acids is 2. The van der Waals surface area contributed by atoms with Crippen molar-refractivity contribution < 1.29 is 18.7 Å². The molecular formula is C39H47FN6O3. The number of nitrogens with one attached hydrogen (secondary N) is 2. The van der Waals surface area contributed by atoms with E-state index in [1.165, 1.54) is 6.07 Å². The minimum Gasteiger partial charge on any atom is -0.382 e. The topological polar surface area (TPSA) is 91.7 Å². The maximum Gasteiger partial charge on any atom is 0.257 e. The second-order valence-electron chi connectivity index (χ2n) is 14.3. The average Bonchev–Trinajstić information content (AvgIpc) is 3.74. The normalized spacial score (nSPS) is 22.8. The molecule has 3 heterocycles. The van der Waals surface area contributed by atoms with Crippen molar-refractivity contribution >= 4 is 34.1 Å². The Morgan fingerprint density at radius 3 is 2.53 bits per heavy atom. The summed E-state index contributed by atoms with van der Waals surface area (Å²) in [7, 11) is 4.07. The standard InChI is InChI=1S/C39H47FN6O3/c1-25-6-4-8-33(40)36(25)39(48)46-35-9-5-7-27(35)23-32(37(46)26-10-12-29(13-11-26)41-30-16-20-49-21-17-30)38(47)42-31-14-15-34-28(22-31)24-45(43-34)19-18-44(2)3/h4,6,8,10-15,22,24,27,30,32,35,37,41H,5,7,9,16-21,23H2,1-3H3,(H,42,47). The predicted octanol–water partition coefficient (Wildman–Crippen LogP) is 6.65. The van der Waals surface area contributed by atoms with Gasteiger partial charge in [-0.2, -0.15) is 5.10 Å². The Morgan fingerprint density at radius 1 is 1.00 bits per heavy atom. The molecule has 7 rings (SSSR count). The summed E-state index contributed by atoms with van der Waals surface area (Å²) >= 11 is 0. The van der Waals surface area contributed by atoms with Gasteiger partial charge in [-0.3, -0.25) is 14.3 Å². The Hall–Kier alpha value is -4.28. The van der Waals surface area contributed by atoms with Gasteiger partial charge in [-0.05, 0) is 107 Å². The monoisotopic (exact) mass is 666 g/mol. The minimum atomic E-state index is -0.555. The lowest BCUT2D eigenvalue weighted by molar-refractivity contribution is -0.125. The number of hydrogen-bond acceptors (Lipinski definition) is 6. The van der Waals surface area contributed by atoms with Crippen molar-refractivity contribution in [3.8, 4) is 0 Å². The smallest absolute Gasteiger partial charge is 0.257 e. The zero-order valence-electron chi connectivity index (χ0n) is 28.7. The number of piperidine rings is 1.